The number of hydrogen-bond donors (Lipinski definition) is 1. The van der Waals surface area contributed by atoms with Crippen molar-refractivity contribution in [2.75, 3.05) is 5.32 Å². The van der Waals surface area contributed by atoms with Crippen molar-refractivity contribution in [2.45, 2.75) is 38.5 Å². The summed E-state index contributed by atoms with van der Waals surface area (Å²) in [5.74, 6) is 0.634. The van der Waals surface area contributed by atoms with Gasteiger partial charge in [-0.15, -0.1) is 0 Å². The Hall–Kier alpha value is -1.05. The van der Waals surface area contributed by atoms with Gasteiger partial charge in [0.15, 0.2) is 0 Å². The summed E-state index contributed by atoms with van der Waals surface area (Å²) in [6, 6.07) is 0.256. The van der Waals surface area contributed by atoms with E-state index in [0.29, 0.717) is 16.3 Å². The van der Waals surface area contributed by atoms with E-state index in [4.69, 9.17) is 0 Å². The second-order valence-electron chi connectivity index (χ2n) is 4.87. The maximum absolute atomic E-state index is 12.2. The van der Waals surface area contributed by atoms with Crippen LogP contribution in [0.2, 0.25) is 0 Å². The lowest BCUT2D eigenvalue weighted by atomic mass is 9.82. The number of alkyl halides is 3. The van der Waals surface area contributed by atoms with Crippen molar-refractivity contribution in [1.29, 1.82) is 0 Å². The second kappa shape index (κ2) is 5.15. The van der Waals surface area contributed by atoms with Gasteiger partial charge >= 0.3 is 6.18 Å². The molecule has 8 heteroatoms. The molecule has 0 spiro atoms. The Balaban J connectivity index is 2.15. The highest BCUT2D eigenvalue weighted by molar-refractivity contribution is 9.10. The van der Waals surface area contributed by atoms with Gasteiger partial charge in [-0.2, -0.15) is 18.3 Å². The minimum absolute atomic E-state index is 0.0892. The summed E-state index contributed by atoms with van der Waals surface area (Å²) in [6.07, 6.45) is -1.25. The van der Waals surface area contributed by atoms with Crippen molar-refractivity contribution in [1.82, 2.24) is 9.78 Å². The van der Waals surface area contributed by atoms with E-state index in [-0.39, 0.29) is 10.5 Å². The molecule has 0 amide bonds. The largest absolute Gasteiger partial charge is 0.408 e. The van der Waals surface area contributed by atoms with Crippen LogP contribution in [0.15, 0.2) is 15.5 Å². The van der Waals surface area contributed by atoms with Crippen molar-refractivity contribution in [2.24, 2.45) is 5.92 Å². The molecule has 1 N–H and O–H groups in total. The highest BCUT2D eigenvalue weighted by Gasteiger charge is 2.30. The molecule has 0 aromatic carbocycles. The third kappa shape index (κ3) is 3.49. The Morgan fingerprint density at radius 1 is 1.53 bits per heavy atom. The molecule has 1 aromatic rings. The summed E-state index contributed by atoms with van der Waals surface area (Å²) < 4.78 is 37.2. The fourth-order valence-corrected chi connectivity index (χ4v) is 2.51. The van der Waals surface area contributed by atoms with Gasteiger partial charge in [-0.3, -0.25) is 4.79 Å². The second-order valence-corrected chi connectivity index (χ2v) is 5.66. The van der Waals surface area contributed by atoms with Crippen LogP contribution in [-0.4, -0.2) is 22.0 Å². The van der Waals surface area contributed by atoms with Crippen LogP contribution < -0.4 is 10.9 Å². The van der Waals surface area contributed by atoms with Gasteiger partial charge in [0.05, 0.1) is 11.9 Å². The molecule has 1 saturated carbocycles. The number of anilines is 1. The van der Waals surface area contributed by atoms with E-state index >= 15 is 0 Å². The Morgan fingerprint density at radius 2 is 2.16 bits per heavy atom. The predicted molar refractivity (Wildman–Crippen MR) is 68.1 cm³/mol. The van der Waals surface area contributed by atoms with Gasteiger partial charge in [0.25, 0.3) is 5.56 Å². The lowest BCUT2D eigenvalue weighted by molar-refractivity contribution is -0.143. The molecule has 0 aliphatic heterocycles. The smallest absolute Gasteiger partial charge is 0.380 e. The van der Waals surface area contributed by atoms with Gasteiger partial charge in [0.2, 0.25) is 0 Å². The molecule has 1 heterocycles. The van der Waals surface area contributed by atoms with Crippen LogP contribution in [0.25, 0.3) is 0 Å². The molecule has 0 saturated heterocycles. The first kappa shape index (κ1) is 14.4. The lowest BCUT2D eigenvalue weighted by Crippen LogP contribution is -2.36. The highest BCUT2D eigenvalue weighted by atomic mass is 79.9. The van der Waals surface area contributed by atoms with E-state index in [1.54, 1.807) is 0 Å². The Kier molecular flexibility index (Phi) is 3.89. The van der Waals surface area contributed by atoms with Gasteiger partial charge in [0, 0.05) is 6.04 Å². The zero-order chi connectivity index (χ0) is 14.2. The van der Waals surface area contributed by atoms with Crippen molar-refractivity contribution in [3.63, 3.8) is 0 Å². The standard InChI is InChI=1S/C11H13BrF3N3O/c1-6-2-7(3-6)17-8-4-16-18(5-11(13,14)15)10(19)9(8)12/h4,6-7,17H,2-3,5H2,1H3. The summed E-state index contributed by atoms with van der Waals surface area (Å²) in [5, 5.41) is 6.65. The first-order valence-corrected chi connectivity index (χ1v) is 6.64. The van der Waals surface area contributed by atoms with E-state index < -0.39 is 18.3 Å². The summed E-state index contributed by atoms with van der Waals surface area (Å²) >= 11 is 3.03. The minimum Gasteiger partial charge on any atom is -0.380 e. The van der Waals surface area contributed by atoms with Crippen LogP contribution in [-0.2, 0) is 6.54 Å². The van der Waals surface area contributed by atoms with Crippen molar-refractivity contribution in [3.8, 4) is 0 Å². The Bertz CT molecular complexity index is 523. The average molecular weight is 340 g/mol. The highest BCUT2D eigenvalue weighted by Crippen LogP contribution is 2.30. The molecule has 1 aliphatic rings. The molecule has 0 radical (unpaired) electrons. The number of rotatable bonds is 3. The number of halogens is 4. The fraction of sp³-hybridized carbons (Fsp3) is 0.636. The van der Waals surface area contributed by atoms with Gasteiger partial charge < -0.3 is 5.32 Å². The molecule has 1 aliphatic carbocycles. The topological polar surface area (TPSA) is 46.9 Å². The SMILES string of the molecule is CC1CC(Nc2cnn(CC(F)(F)F)c(=O)c2Br)C1. The third-order valence-electron chi connectivity index (χ3n) is 3.05. The van der Waals surface area contributed by atoms with Crippen molar-refractivity contribution >= 4 is 21.6 Å². The first-order valence-electron chi connectivity index (χ1n) is 5.85. The van der Waals surface area contributed by atoms with Crippen molar-refractivity contribution in [3.05, 3.63) is 21.0 Å². The molecule has 1 fully saturated rings. The fourth-order valence-electron chi connectivity index (χ4n) is 2.09. The van der Waals surface area contributed by atoms with Crippen LogP contribution in [0.1, 0.15) is 19.8 Å². The van der Waals surface area contributed by atoms with Gasteiger partial charge in [-0.25, -0.2) is 4.68 Å². The monoisotopic (exact) mass is 339 g/mol. The van der Waals surface area contributed by atoms with Gasteiger partial charge in [-0.1, -0.05) is 6.92 Å². The molecule has 0 atom stereocenters. The maximum Gasteiger partial charge on any atom is 0.408 e. The predicted octanol–water partition coefficient (Wildman–Crippen LogP) is 2.78. The normalized spacial score (nSPS) is 23.0. The quantitative estimate of drug-likeness (QED) is 0.921. The molecular formula is C11H13BrF3N3O. The third-order valence-corrected chi connectivity index (χ3v) is 3.81. The molecule has 106 valence electrons. The zero-order valence-corrected chi connectivity index (χ0v) is 11.8. The van der Waals surface area contributed by atoms with E-state index in [1.165, 1.54) is 6.20 Å². The molecule has 1 aromatic heterocycles. The first-order chi connectivity index (χ1) is 8.76. The van der Waals surface area contributed by atoms with E-state index in [2.05, 4.69) is 33.3 Å². The summed E-state index contributed by atoms with van der Waals surface area (Å²) in [4.78, 5) is 11.7. The Labute approximate surface area is 116 Å². The summed E-state index contributed by atoms with van der Waals surface area (Å²) in [7, 11) is 0. The number of nitrogens with one attached hydrogen (secondary N) is 1. The van der Waals surface area contributed by atoms with Crippen LogP contribution >= 0.6 is 15.9 Å². The van der Waals surface area contributed by atoms with E-state index in [1.807, 2.05) is 0 Å². The molecular weight excluding hydrogens is 327 g/mol. The van der Waals surface area contributed by atoms with Crippen LogP contribution in [0.5, 0.6) is 0 Å². The number of aromatic nitrogens is 2. The average Bonchev–Trinajstić information content (AvgIpc) is 2.24. The zero-order valence-electron chi connectivity index (χ0n) is 10.2. The van der Waals surface area contributed by atoms with Crippen LogP contribution in [0, 0.1) is 5.92 Å². The number of nitrogens with zero attached hydrogens (tertiary/aromatic N) is 2. The molecule has 19 heavy (non-hydrogen) atoms. The van der Waals surface area contributed by atoms with E-state index in [0.717, 1.165) is 12.8 Å². The van der Waals surface area contributed by atoms with Gasteiger partial charge in [0.1, 0.15) is 11.0 Å². The molecule has 0 unspecified atom stereocenters. The minimum atomic E-state index is -4.46. The van der Waals surface area contributed by atoms with Crippen LogP contribution in [0.4, 0.5) is 18.9 Å². The molecule has 2 rings (SSSR count). The molecule has 0 bridgehead atoms. The van der Waals surface area contributed by atoms with Crippen molar-refractivity contribution < 1.29 is 13.2 Å². The van der Waals surface area contributed by atoms with Crippen LogP contribution in [0.3, 0.4) is 0 Å². The van der Waals surface area contributed by atoms with Gasteiger partial charge in [-0.05, 0) is 34.7 Å². The summed E-state index contributed by atoms with van der Waals surface area (Å²) in [5.41, 5.74) is -0.338. The molecule has 4 nitrogen and oxygen atoms in total. The Morgan fingerprint density at radius 3 is 2.68 bits per heavy atom. The van der Waals surface area contributed by atoms with E-state index in [9.17, 15) is 18.0 Å². The lowest BCUT2D eigenvalue weighted by Gasteiger charge is -2.34. The summed E-state index contributed by atoms with van der Waals surface area (Å²) in [6.45, 7) is 0.734. The number of hydrogen-bond acceptors (Lipinski definition) is 3. The maximum atomic E-state index is 12.2.